The number of hydrogen-bond acceptors (Lipinski definition) is 5. The first-order valence-corrected chi connectivity index (χ1v) is 9.14. The molecule has 4 aromatic rings. The van der Waals surface area contributed by atoms with E-state index in [0.29, 0.717) is 22.6 Å². The molecule has 0 aliphatic carbocycles. The van der Waals surface area contributed by atoms with E-state index < -0.39 is 0 Å². The van der Waals surface area contributed by atoms with Crippen LogP contribution in [0.3, 0.4) is 0 Å². The number of aromatic amines is 1. The van der Waals surface area contributed by atoms with E-state index in [-0.39, 0.29) is 0 Å². The third-order valence-electron chi connectivity index (χ3n) is 3.65. The smallest absolute Gasteiger partial charge is 0.209 e. The van der Waals surface area contributed by atoms with Crippen LogP contribution in [0.25, 0.3) is 23.5 Å². The molecule has 0 aliphatic rings. The zero-order valence-corrected chi connectivity index (χ0v) is 14.7. The standard InChI is InChI=1S/C20H16N4OS/c1-3-7-15(8-4-1)11-12-18-22-20(24-23-18)26-14-19-21-13-17(25-19)16-9-5-2-6-10-16/h1-13H,14H2,(H,22,23,24)/b12-11+. The van der Waals surface area contributed by atoms with Crippen molar-refractivity contribution in [3.05, 3.63) is 84.1 Å². The molecule has 0 unspecified atom stereocenters. The van der Waals surface area contributed by atoms with Crippen LogP contribution in [-0.4, -0.2) is 20.2 Å². The fourth-order valence-corrected chi connectivity index (χ4v) is 3.03. The Morgan fingerprint density at radius 1 is 0.962 bits per heavy atom. The van der Waals surface area contributed by atoms with Gasteiger partial charge in [0.2, 0.25) is 11.0 Å². The van der Waals surface area contributed by atoms with Gasteiger partial charge in [0.15, 0.2) is 5.76 Å². The van der Waals surface area contributed by atoms with E-state index in [0.717, 1.165) is 16.9 Å². The van der Waals surface area contributed by atoms with Crippen LogP contribution in [0, 0.1) is 0 Å². The van der Waals surface area contributed by atoms with Crippen molar-refractivity contribution in [2.45, 2.75) is 10.9 Å². The summed E-state index contributed by atoms with van der Waals surface area (Å²) in [5.41, 5.74) is 2.13. The minimum absolute atomic E-state index is 0.576. The van der Waals surface area contributed by atoms with Crippen molar-refractivity contribution in [2.24, 2.45) is 0 Å². The van der Waals surface area contributed by atoms with E-state index >= 15 is 0 Å². The SMILES string of the molecule is C(=C\c1nc(SCc2ncc(-c3ccccc3)o2)n[nH]1)/c1ccccc1. The average molecular weight is 360 g/mol. The third kappa shape index (κ3) is 4.10. The average Bonchev–Trinajstić information content (AvgIpc) is 3.36. The van der Waals surface area contributed by atoms with E-state index in [9.17, 15) is 0 Å². The van der Waals surface area contributed by atoms with Crippen molar-refractivity contribution in [1.82, 2.24) is 20.2 Å². The summed E-state index contributed by atoms with van der Waals surface area (Å²) < 4.78 is 5.79. The van der Waals surface area contributed by atoms with Gasteiger partial charge in [0, 0.05) is 5.56 Å². The van der Waals surface area contributed by atoms with Gasteiger partial charge in [-0.05, 0) is 11.6 Å². The summed E-state index contributed by atoms with van der Waals surface area (Å²) in [4.78, 5) is 8.77. The summed E-state index contributed by atoms with van der Waals surface area (Å²) in [5.74, 6) is 2.71. The van der Waals surface area contributed by atoms with Gasteiger partial charge in [-0.15, -0.1) is 5.10 Å². The largest absolute Gasteiger partial charge is 0.440 e. The maximum absolute atomic E-state index is 5.79. The Balaban J connectivity index is 1.36. The normalized spacial score (nSPS) is 11.2. The molecule has 1 N–H and O–H groups in total. The molecule has 0 saturated carbocycles. The molecule has 0 aliphatic heterocycles. The van der Waals surface area contributed by atoms with Crippen LogP contribution in [0.1, 0.15) is 17.3 Å². The van der Waals surface area contributed by atoms with Crippen LogP contribution in [0.4, 0.5) is 0 Å². The zero-order chi connectivity index (χ0) is 17.6. The number of oxazole rings is 1. The predicted octanol–water partition coefficient (Wildman–Crippen LogP) is 4.92. The number of rotatable bonds is 6. The van der Waals surface area contributed by atoms with E-state index in [1.54, 1.807) is 6.20 Å². The highest BCUT2D eigenvalue weighted by Crippen LogP contribution is 2.24. The summed E-state index contributed by atoms with van der Waals surface area (Å²) in [7, 11) is 0. The van der Waals surface area contributed by atoms with Gasteiger partial charge in [0.1, 0.15) is 5.82 Å². The van der Waals surface area contributed by atoms with Gasteiger partial charge in [-0.25, -0.2) is 9.97 Å². The first-order valence-electron chi connectivity index (χ1n) is 8.15. The Labute approximate surface area is 155 Å². The molecule has 2 heterocycles. The molecule has 5 nitrogen and oxygen atoms in total. The molecule has 6 heteroatoms. The summed E-state index contributed by atoms with van der Waals surface area (Å²) in [5, 5.41) is 7.80. The van der Waals surface area contributed by atoms with Crippen molar-refractivity contribution in [1.29, 1.82) is 0 Å². The van der Waals surface area contributed by atoms with Crippen molar-refractivity contribution < 1.29 is 4.42 Å². The number of aromatic nitrogens is 4. The van der Waals surface area contributed by atoms with Crippen LogP contribution in [0.2, 0.25) is 0 Å². The van der Waals surface area contributed by atoms with Crippen molar-refractivity contribution >= 4 is 23.9 Å². The monoisotopic (exact) mass is 360 g/mol. The molecule has 0 amide bonds. The number of hydrogen-bond donors (Lipinski definition) is 1. The van der Waals surface area contributed by atoms with Crippen molar-refractivity contribution in [2.75, 3.05) is 0 Å². The van der Waals surface area contributed by atoms with Crippen LogP contribution < -0.4 is 0 Å². The number of nitrogens with zero attached hydrogens (tertiary/aromatic N) is 3. The lowest BCUT2D eigenvalue weighted by Gasteiger charge is -1.94. The second-order valence-electron chi connectivity index (χ2n) is 5.52. The lowest BCUT2D eigenvalue weighted by molar-refractivity contribution is 0.530. The topological polar surface area (TPSA) is 67.6 Å². The molecular formula is C20H16N4OS. The molecular weight excluding hydrogens is 344 g/mol. The highest BCUT2D eigenvalue weighted by molar-refractivity contribution is 7.98. The quantitative estimate of drug-likeness (QED) is 0.494. The van der Waals surface area contributed by atoms with E-state index in [2.05, 4.69) is 20.2 Å². The first-order chi connectivity index (χ1) is 12.9. The summed E-state index contributed by atoms with van der Waals surface area (Å²) in [6.07, 6.45) is 5.65. The number of thioether (sulfide) groups is 1. The Morgan fingerprint density at radius 3 is 2.54 bits per heavy atom. The Bertz CT molecular complexity index is 993. The molecule has 0 radical (unpaired) electrons. The number of benzene rings is 2. The van der Waals surface area contributed by atoms with Crippen LogP contribution in [0.5, 0.6) is 0 Å². The van der Waals surface area contributed by atoms with Gasteiger partial charge >= 0.3 is 0 Å². The van der Waals surface area contributed by atoms with Crippen molar-refractivity contribution in [3.8, 4) is 11.3 Å². The molecule has 2 aromatic heterocycles. The molecule has 0 bridgehead atoms. The molecule has 0 fully saturated rings. The Kier molecular flexibility index (Phi) is 4.93. The highest BCUT2D eigenvalue weighted by atomic mass is 32.2. The molecule has 2 aromatic carbocycles. The lowest BCUT2D eigenvalue weighted by Crippen LogP contribution is -1.81. The molecule has 0 spiro atoms. The summed E-state index contributed by atoms with van der Waals surface area (Å²) in [6.45, 7) is 0. The van der Waals surface area contributed by atoms with Gasteiger partial charge in [-0.3, -0.25) is 5.10 Å². The highest BCUT2D eigenvalue weighted by Gasteiger charge is 2.08. The van der Waals surface area contributed by atoms with Gasteiger partial charge in [-0.1, -0.05) is 78.5 Å². The van der Waals surface area contributed by atoms with Gasteiger partial charge < -0.3 is 4.42 Å². The number of H-pyrrole nitrogens is 1. The Hall–Kier alpha value is -3.12. The minimum atomic E-state index is 0.576. The number of nitrogens with one attached hydrogen (secondary N) is 1. The van der Waals surface area contributed by atoms with Gasteiger partial charge in [-0.2, -0.15) is 0 Å². The minimum Gasteiger partial charge on any atom is -0.440 e. The third-order valence-corrected chi connectivity index (χ3v) is 4.48. The van der Waals surface area contributed by atoms with Crippen LogP contribution in [0.15, 0.2) is 76.4 Å². The van der Waals surface area contributed by atoms with E-state index in [1.165, 1.54) is 11.8 Å². The summed E-state index contributed by atoms with van der Waals surface area (Å²) in [6, 6.07) is 20.0. The lowest BCUT2D eigenvalue weighted by atomic mass is 10.2. The van der Waals surface area contributed by atoms with E-state index in [1.807, 2.05) is 72.8 Å². The predicted molar refractivity (Wildman–Crippen MR) is 103 cm³/mol. The maximum Gasteiger partial charge on any atom is 0.209 e. The Morgan fingerprint density at radius 2 is 1.73 bits per heavy atom. The molecule has 0 saturated heterocycles. The van der Waals surface area contributed by atoms with E-state index in [4.69, 9.17) is 4.42 Å². The zero-order valence-electron chi connectivity index (χ0n) is 13.9. The molecule has 0 atom stereocenters. The summed E-state index contributed by atoms with van der Waals surface area (Å²) >= 11 is 1.48. The van der Waals surface area contributed by atoms with Gasteiger partial charge in [0.25, 0.3) is 0 Å². The van der Waals surface area contributed by atoms with Crippen LogP contribution in [-0.2, 0) is 5.75 Å². The second kappa shape index (κ2) is 7.84. The van der Waals surface area contributed by atoms with Gasteiger partial charge in [0.05, 0.1) is 11.9 Å². The molecule has 26 heavy (non-hydrogen) atoms. The molecule has 4 rings (SSSR count). The second-order valence-corrected chi connectivity index (χ2v) is 6.46. The fourth-order valence-electron chi connectivity index (χ4n) is 2.38. The molecule has 128 valence electrons. The first kappa shape index (κ1) is 16.4. The van der Waals surface area contributed by atoms with Crippen LogP contribution >= 0.6 is 11.8 Å². The maximum atomic E-state index is 5.79. The van der Waals surface area contributed by atoms with Crippen molar-refractivity contribution in [3.63, 3.8) is 0 Å². The fraction of sp³-hybridized carbons (Fsp3) is 0.0500.